The smallest absolute Gasteiger partial charge is 0.414 e. The zero-order valence-corrected chi connectivity index (χ0v) is 14.6. The summed E-state index contributed by atoms with van der Waals surface area (Å²) in [5.41, 5.74) is 1.82. The molecule has 1 amide bonds. The van der Waals surface area contributed by atoms with Crippen LogP contribution in [-0.2, 0) is 10.3 Å². The van der Waals surface area contributed by atoms with Crippen molar-refractivity contribution in [3.8, 4) is 0 Å². The molecule has 132 valence electrons. The number of nitrogens with zero attached hydrogens (tertiary/aromatic N) is 1. The summed E-state index contributed by atoms with van der Waals surface area (Å²) in [6.45, 7) is 5.28. The molecule has 0 radical (unpaired) electrons. The third kappa shape index (κ3) is 4.00. The van der Waals surface area contributed by atoms with Gasteiger partial charge in [-0.2, -0.15) is 0 Å². The molecule has 0 spiro atoms. The van der Waals surface area contributed by atoms with Gasteiger partial charge in [0.1, 0.15) is 6.61 Å². The van der Waals surface area contributed by atoms with Crippen molar-refractivity contribution in [3.63, 3.8) is 0 Å². The normalized spacial score (nSPS) is 17.9. The number of carbonyl (C=O) groups is 1. The van der Waals surface area contributed by atoms with Crippen LogP contribution in [0.3, 0.4) is 0 Å². The number of aliphatic hydroxyl groups is 1. The lowest BCUT2D eigenvalue weighted by Crippen LogP contribution is -2.36. The van der Waals surface area contributed by atoms with Crippen LogP contribution in [0.25, 0.3) is 0 Å². The summed E-state index contributed by atoms with van der Waals surface area (Å²) in [7, 11) is 0. The molecule has 1 heterocycles. The Kier molecular flexibility index (Phi) is 5.06. The molecule has 5 heteroatoms. The van der Waals surface area contributed by atoms with E-state index in [0.29, 0.717) is 19.7 Å². The number of cyclic esters (lactones) is 1. The minimum absolute atomic E-state index is 0.0359. The molecular formula is C20H24N2O3. The zero-order chi connectivity index (χ0) is 17.9. The van der Waals surface area contributed by atoms with Gasteiger partial charge in [0.05, 0.1) is 12.1 Å². The predicted molar refractivity (Wildman–Crippen MR) is 97.6 cm³/mol. The van der Waals surface area contributed by atoms with Gasteiger partial charge >= 0.3 is 6.09 Å². The van der Waals surface area contributed by atoms with E-state index in [-0.39, 0.29) is 12.1 Å². The first-order chi connectivity index (χ1) is 12.0. The van der Waals surface area contributed by atoms with E-state index in [1.807, 2.05) is 61.5 Å². The molecule has 1 aliphatic rings. The minimum atomic E-state index is -0.952. The van der Waals surface area contributed by atoms with E-state index in [1.54, 1.807) is 11.8 Å². The van der Waals surface area contributed by atoms with Crippen molar-refractivity contribution in [1.29, 1.82) is 0 Å². The van der Waals surface area contributed by atoms with Gasteiger partial charge in [-0.25, -0.2) is 4.79 Å². The van der Waals surface area contributed by atoms with Crippen LogP contribution in [-0.4, -0.2) is 30.9 Å². The summed E-state index contributed by atoms with van der Waals surface area (Å²) in [4.78, 5) is 13.4. The van der Waals surface area contributed by atoms with E-state index in [1.165, 1.54) is 0 Å². The van der Waals surface area contributed by atoms with Crippen LogP contribution in [0.5, 0.6) is 0 Å². The first kappa shape index (κ1) is 17.5. The van der Waals surface area contributed by atoms with Crippen LogP contribution in [0.4, 0.5) is 10.5 Å². The minimum Gasteiger partial charge on any atom is -0.447 e. The first-order valence-corrected chi connectivity index (χ1v) is 8.53. The Balaban J connectivity index is 1.67. The van der Waals surface area contributed by atoms with Crippen molar-refractivity contribution in [1.82, 2.24) is 5.32 Å². The van der Waals surface area contributed by atoms with Crippen molar-refractivity contribution < 1.29 is 14.6 Å². The molecule has 0 bridgehead atoms. The summed E-state index contributed by atoms with van der Waals surface area (Å²) in [6.07, 6.45) is -0.301. The average Bonchev–Trinajstić information content (AvgIpc) is 3.06. The molecule has 5 nitrogen and oxygen atoms in total. The van der Waals surface area contributed by atoms with E-state index in [4.69, 9.17) is 4.74 Å². The predicted octanol–water partition coefficient (Wildman–Crippen LogP) is 3.20. The van der Waals surface area contributed by atoms with Gasteiger partial charge in [-0.15, -0.1) is 0 Å². The molecule has 3 rings (SSSR count). The van der Waals surface area contributed by atoms with Crippen LogP contribution >= 0.6 is 0 Å². The highest BCUT2D eigenvalue weighted by Gasteiger charge is 2.25. The van der Waals surface area contributed by atoms with E-state index in [0.717, 1.165) is 16.8 Å². The Morgan fingerprint density at radius 1 is 1.24 bits per heavy atom. The molecule has 0 aliphatic carbocycles. The quantitative estimate of drug-likeness (QED) is 0.848. The molecule has 2 atom stereocenters. The van der Waals surface area contributed by atoms with Gasteiger partial charge in [0, 0.05) is 18.3 Å². The standard InChI is InChI=1S/C20H24N2O3/c1-15(21-14-20(2,24)17-8-4-3-5-9-17)16-7-6-10-18(13-16)22-11-12-25-19(22)23/h3-10,13,15,21,24H,11-12,14H2,1-2H3. The van der Waals surface area contributed by atoms with Crippen molar-refractivity contribution in [2.75, 3.05) is 24.6 Å². The van der Waals surface area contributed by atoms with Gasteiger partial charge in [0.2, 0.25) is 0 Å². The van der Waals surface area contributed by atoms with Gasteiger partial charge in [0.15, 0.2) is 0 Å². The van der Waals surface area contributed by atoms with Crippen LogP contribution in [0.1, 0.15) is 31.0 Å². The van der Waals surface area contributed by atoms with Crippen molar-refractivity contribution in [3.05, 3.63) is 65.7 Å². The molecule has 25 heavy (non-hydrogen) atoms. The lowest BCUT2D eigenvalue weighted by Gasteiger charge is -2.27. The summed E-state index contributed by atoms with van der Waals surface area (Å²) in [5, 5.41) is 14.1. The molecule has 2 N–H and O–H groups in total. The lowest BCUT2D eigenvalue weighted by molar-refractivity contribution is 0.0543. The van der Waals surface area contributed by atoms with E-state index < -0.39 is 5.60 Å². The van der Waals surface area contributed by atoms with Crippen LogP contribution in [0.2, 0.25) is 0 Å². The van der Waals surface area contributed by atoms with Crippen LogP contribution in [0.15, 0.2) is 54.6 Å². The molecule has 2 aromatic carbocycles. The number of nitrogens with one attached hydrogen (secondary N) is 1. The fourth-order valence-electron chi connectivity index (χ4n) is 2.96. The fourth-order valence-corrected chi connectivity index (χ4v) is 2.96. The summed E-state index contributed by atoms with van der Waals surface area (Å²) < 4.78 is 5.00. The van der Waals surface area contributed by atoms with Crippen molar-refractivity contribution in [2.45, 2.75) is 25.5 Å². The molecule has 1 aliphatic heterocycles. The highest BCUT2D eigenvalue weighted by molar-refractivity contribution is 5.89. The maximum absolute atomic E-state index is 11.7. The second-order valence-corrected chi connectivity index (χ2v) is 6.60. The van der Waals surface area contributed by atoms with Gasteiger partial charge in [0.25, 0.3) is 0 Å². The molecular weight excluding hydrogens is 316 g/mol. The Labute approximate surface area is 148 Å². The van der Waals surface area contributed by atoms with Crippen molar-refractivity contribution in [2.24, 2.45) is 0 Å². The fraction of sp³-hybridized carbons (Fsp3) is 0.350. The van der Waals surface area contributed by atoms with Crippen LogP contribution < -0.4 is 10.2 Å². The zero-order valence-electron chi connectivity index (χ0n) is 14.6. The number of ether oxygens (including phenoxy) is 1. The molecule has 0 aromatic heterocycles. The highest BCUT2D eigenvalue weighted by Crippen LogP contribution is 2.25. The summed E-state index contributed by atoms with van der Waals surface area (Å²) >= 11 is 0. The van der Waals surface area contributed by atoms with Crippen LogP contribution in [0, 0.1) is 0 Å². The Hall–Kier alpha value is -2.37. The second kappa shape index (κ2) is 7.25. The average molecular weight is 340 g/mol. The van der Waals surface area contributed by atoms with E-state index >= 15 is 0 Å². The van der Waals surface area contributed by atoms with Gasteiger partial charge in [-0.05, 0) is 37.1 Å². The first-order valence-electron chi connectivity index (χ1n) is 8.53. The number of hydrogen-bond donors (Lipinski definition) is 2. The van der Waals surface area contributed by atoms with Gasteiger partial charge in [-0.3, -0.25) is 4.90 Å². The van der Waals surface area contributed by atoms with E-state index in [9.17, 15) is 9.90 Å². The Bertz CT molecular complexity index is 731. The SMILES string of the molecule is CC(NCC(C)(O)c1ccccc1)c1cccc(N2CCOC2=O)c1. The largest absolute Gasteiger partial charge is 0.447 e. The molecule has 1 fully saturated rings. The van der Waals surface area contributed by atoms with E-state index in [2.05, 4.69) is 5.32 Å². The second-order valence-electron chi connectivity index (χ2n) is 6.60. The van der Waals surface area contributed by atoms with Crippen molar-refractivity contribution >= 4 is 11.8 Å². The maximum atomic E-state index is 11.7. The number of hydrogen-bond acceptors (Lipinski definition) is 4. The molecule has 0 saturated carbocycles. The monoisotopic (exact) mass is 340 g/mol. The summed E-state index contributed by atoms with van der Waals surface area (Å²) in [6, 6.07) is 17.5. The maximum Gasteiger partial charge on any atom is 0.414 e. The number of anilines is 1. The topological polar surface area (TPSA) is 61.8 Å². The number of rotatable bonds is 6. The van der Waals surface area contributed by atoms with Gasteiger partial charge in [-0.1, -0.05) is 42.5 Å². The molecule has 2 unspecified atom stereocenters. The molecule has 2 aromatic rings. The molecule has 1 saturated heterocycles. The third-order valence-electron chi connectivity index (χ3n) is 4.59. The number of amides is 1. The van der Waals surface area contributed by atoms with Gasteiger partial charge < -0.3 is 15.2 Å². The lowest BCUT2D eigenvalue weighted by atomic mass is 9.95. The third-order valence-corrected chi connectivity index (χ3v) is 4.59. The summed E-state index contributed by atoms with van der Waals surface area (Å²) in [5.74, 6) is 0. The Morgan fingerprint density at radius 2 is 2.00 bits per heavy atom. The Morgan fingerprint density at radius 3 is 2.68 bits per heavy atom. The number of benzene rings is 2. The highest BCUT2D eigenvalue weighted by atomic mass is 16.6. The number of carbonyl (C=O) groups excluding carboxylic acids is 1.